The minimum Gasteiger partial charge on any atom is -0.336 e. The molecule has 0 unspecified atom stereocenters. The summed E-state index contributed by atoms with van der Waals surface area (Å²) < 4.78 is 2.02. The number of hydrogen-bond acceptors (Lipinski definition) is 3. The Morgan fingerprint density at radius 1 is 1.33 bits per heavy atom. The normalized spacial score (nSPS) is 20.1. The Kier molecular flexibility index (Phi) is 4.85. The van der Waals surface area contributed by atoms with Crippen LogP contribution in [0, 0.1) is 13.8 Å². The molecule has 0 saturated carbocycles. The van der Waals surface area contributed by atoms with Crippen molar-refractivity contribution in [1.82, 2.24) is 15.1 Å². The topological polar surface area (TPSA) is 59.0 Å². The highest BCUT2D eigenvalue weighted by Gasteiger charge is 2.29. The molecule has 1 aromatic carbocycles. The fourth-order valence-electron chi connectivity index (χ4n) is 3.05. The third kappa shape index (κ3) is 3.59. The number of nitrogens with one attached hydrogen (secondary N) is 2. The number of rotatable bonds is 4. The average molecular weight is 344 g/mol. The average Bonchev–Trinajstić information content (AvgIpc) is 3.13. The summed E-state index contributed by atoms with van der Waals surface area (Å²) >= 11 is 1.94. The van der Waals surface area contributed by atoms with Crippen LogP contribution in [-0.4, -0.2) is 32.9 Å². The zero-order chi connectivity index (χ0) is 17.2. The molecule has 6 heteroatoms. The number of thioether (sulfide) groups is 1. The number of hydrogen-bond donors (Lipinski definition) is 2. The van der Waals surface area contributed by atoms with Crippen LogP contribution in [0.1, 0.15) is 31.2 Å². The number of para-hydroxylation sites is 1. The third-order valence-electron chi connectivity index (χ3n) is 4.45. The first kappa shape index (κ1) is 16.9. The van der Waals surface area contributed by atoms with Crippen LogP contribution in [0.2, 0.25) is 0 Å². The number of benzene rings is 1. The fourth-order valence-corrected chi connectivity index (χ4v) is 4.29. The number of urea groups is 1. The van der Waals surface area contributed by atoms with E-state index in [4.69, 9.17) is 0 Å². The van der Waals surface area contributed by atoms with E-state index in [-0.39, 0.29) is 10.8 Å². The van der Waals surface area contributed by atoms with Gasteiger partial charge in [0.05, 0.1) is 22.8 Å². The van der Waals surface area contributed by atoms with E-state index >= 15 is 0 Å². The van der Waals surface area contributed by atoms with Crippen LogP contribution in [0.4, 0.5) is 10.5 Å². The van der Waals surface area contributed by atoms with Crippen molar-refractivity contribution in [3.05, 3.63) is 41.7 Å². The molecule has 1 aliphatic heterocycles. The predicted octanol–water partition coefficient (Wildman–Crippen LogP) is 3.90. The molecule has 2 N–H and O–H groups in total. The van der Waals surface area contributed by atoms with E-state index in [2.05, 4.69) is 22.7 Å². The van der Waals surface area contributed by atoms with Crippen LogP contribution < -0.4 is 10.6 Å². The maximum atomic E-state index is 12.3. The lowest BCUT2D eigenvalue weighted by atomic mass is 10.1. The second kappa shape index (κ2) is 6.89. The summed E-state index contributed by atoms with van der Waals surface area (Å²) in [4.78, 5) is 12.3. The first-order chi connectivity index (χ1) is 11.5. The predicted molar refractivity (Wildman–Crippen MR) is 100 cm³/mol. The van der Waals surface area contributed by atoms with Gasteiger partial charge in [-0.2, -0.15) is 16.9 Å². The van der Waals surface area contributed by atoms with Crippen LogP contribution in [0.15, 0.2) is 30.3 Å². The largest absolute Gasteiger partial charge is 0.336 e. The SMILES string of the molecule is Cc1nn(-c2ccccc2)c(C)c1NC(=O)NC[C@]1(C)CCCS1. The van der Waals surface area contributed by atoms with Gasteiger partial charge in [-0.3, -0.25) is 0 Å². The summed E-state index contributed by atoms with van der Waals surface area (Å²) in [5, 5.41) is 10.5. The van der Waals surface area contributed by atoms with Crippen molar-refractivity contribution in [3.8, 4) is 5.69 Å². The Morgan fingerprint density at radius 2 is 2.08 bits per heavy atom. The zero-order valence-corrected chi connectivity index (χ0v) is 15.2. The molecule has 5 nitrogen and oxygen atoms in total. The Hall–Kier alpha value is -1.95. The molecule has 1 saturated heterocycles. The van der Waals surface area contributed by atoms with Crippen LogP contribution in [0.25, 0.3) is 5.69 Å². The summed E-state index contributed by atoms with van der Waals surface area (Å²) in [5.41, 5.74) is 3.50. The fraction of sp³-hybridized carbons (Fsp3) is 0.444. The Bertz CT molecular complexity index is 720. The molecule has 128 valence electrons. The summed E-state index contributed by atoms with van der Waals surface area (Å²) in [6.45, 7) is 6.79. The molecule has 2 heterocycles. The highest BCUT2D eigenvalue weighted by molar-refractivity contribution is 8.00. The van der Waals surface area contributed by atoms with E-state index < -0.39 is 0 Å². The monoisotopic (exact) mass is 344 g/mol. The quantitative estimate of drug-likeness (QED) is 0.884. The van der Waals surface area contributed by atoms with Gasteiger partial charge in [-0.05, 0) is 51.5 Å². The molecule has 0 spiro atoms. The van der Waals surface area contributed by atoms with Crippen molar-refractivity contribution in [2.75, 3.05) is 17.6 Å². The first-order valence-corrected chi connectivity index (χ1v) is 9.27. The number of anilines is 1. The van der Waals surface area contributed by atoms with Gasteiger partial charge in [0.25, 0.3) is 0 Å². The van der Waals surface area contributed by atoms with Gasteiger partial charge in [-0.25, -0.2) is 9.48 Å². The van der Waals surface area contributed by atoms with E-state index in [1.165, 1.54) is 12.2 Å². The second-order valence-electron chi connectivity index (χ2n) is 6.50. The number of carbonyl (C=O) groups excluding carboxylic acids is 1. The molecule has 2 amide bonds. The number of aryl methyl sites for hydroxylation is 1. The van der Waals surface area contributed by atoms with E-state index in [9.17, 15) is 4.79 Å². The summed E-state index contributed by atoms with van der Waals surface area (Å²) in [6.07, 6.45) is 2.38. The molecule has 0 bridgehead atoms. The number of carbonyl (C=O) groups is 1. The van der Waals surface area contributed by atoms with E-state index in [0.717, 1.165) is 29.2 Å². The van der Waals surface area contributed by atoms with Crippen LogP contribution in [0.3, 0.4) is 0 Å². The highest BCUT2D eigenvalue weighted by Crippen LogP contribution is 2.37. The smallest absolute Gasteiger partial charge is 0.319 e. The number of nitrogens with zero attached hydrogens (tertiary/aromatic N) is 2. The van der Waals surface area contributed by atoms with Crippen molar-refractivity contribution in [3.63, 3.8) is 0 Å². The van der Waals surface area contributed by atoms with E-state index in [0.29, 0.717) is 6.54 Å². The molecule has 0 radical (unpaired) electrons. The lowest BCUT2D eigenvalue weighted by Crippen LogP contribution is -2.39. The molecule has 24 heavy (non-hydrogen) atoms. The van der Waals surface area contributed by atoms with Gasteiger partial charge >= 0.3 is 6.03 Å². The Morgan fingerprint density at radius 3 is 2.75 bits per heavy atom. The molecule has 3 rings (SSSR count). The van der Waals surface area contributed by atoms with Gasteiger partial charge in [-0.15, -0.1) is 0 Å². The number of amides is 2. The molecule has 1 aromatic heterocycles. The van der Waals surface area contributed by atoms with Crippen LogP contribution in [-0.2, 0) is 0 Å². The van der Waals surface area contributed by atoms with Crippen LogP contribution in [0.5, 0.6) is 0 Å². The van der Waals surface area contributed by atoms with Crippen molar-refractivity contribution < 1.29 is 4.79 Å². The van der Waals surface area contributed by atoms with Crippen molar-refractivity contribution in [2.24, 2.45) is 0 Å². The molecular formula is C18H24N4OS. The van der Waals surface area contributed by atoms with Gasteiger partial charge in [0.15, 0.2) is 0 Å². The Balaban J connectivity index is 1.69. The van der Waals surface area contributed by atoms with E-state index in [1.54, 1.807) is 0 Å². The third-order valence-corrected chi connectivity index (χ3v) is 5.99. The van der Waals surface area contributed by atoms with Gasteiger partial charge < -0.3 is 10.6 Å². The lowest BCUT2D eigenvalue weighted by molar-refractivity contribution is 0.251. The molecular weight excluding hydrogens is 320 g/mol. The van der Waals surface area contributed by atoms with Crippen molar-refractivity contribution >= 4 is 23.5 Å². The van der Waals surface area contributed by atoms with Gasteiger partial charge in [-0.1, -0.05) is 18.2 Å². The molecule has 2 aromatic rings. The molecule has 1 atom stereocenters. The summed E-state index contributed by atoms with van der Waals surface area (Å²) in [6, 6.07) is 9.77. The molecule has 1 aliphatic rings. The zero-order valence-electron chi connectivity index (χ0n) is 14.4. The first-order valence-electron chi connectivity index (χ1n) is 8.29. The van der Waals surface area contributed by atoms with Crippen molar-refractivity contribution in [2.45, 2.75) is 38.4 Å². The van der Waals surface area contributed by atoms with Crippen LogP contribution >= 0.6 is 11.8 Å². The minimum absolute atomic E-state index is 0.162. The molecule has 1 fully saturated rings. The van der Waals surface area contributed by atoms with E-state index in [1.807, 2.05) is 60.6 Å². The summed E-state index contributed by atoms with van der Waals surface area (Å²) in [5.74, 6) is 1.18. The standard InChI is InChI=1S/C18H24N4OS/c1-13-16(14(2)22(21-13)15-8-5-4-6-9-15)20-17(23)19-12-18(3)10-7-11-24-18/h4-6,8-9H,7,10-12H2,1-3H3,(H2,19,20,23)/t18-/m0/s1. The highest BCUT2D eigenvalue weighted by atomic mass is 32.2. The number of aromatic nitrogens is 2. The maximum absolute atomic E-state index is 12.3. The second-order valence-corrected chi connectivity index (χ2v) is 8.19. The van der Waals surface area contributed by atoms with Gasteiger partial charge in [0, 0.05) is 11.3 Å². The lowest BCUT2D eigenvalue weighted by Gasteiger charge is -2.22. The Labute approximate surface area is 147 Å². The molecule has 0 aliphatic carbocycles. The minimum atomic E-state index is -0.164. The van der Waals surface area contributed by atoms with Gasteiger partial charge in [0.2, 0.25) is 0 Å². The summed E-state index contributed by atoms with van der Waals surface area (Å²) in [7, 11) is 0. The van der Waals surface area contributed by atoms with Gasteiger partial charge in [0.1, 0.15) is 0 Å². The van der Waals surface area contributed by atoms with Crippen molar-refractivity contribution in [1.29, 1.82) is 0 Å². The maximum Gasteiger partial charge on any atom is 0.319 e.